The molecule has 0 bridgehead atoms. The smallest absolute Gasteiger partial charge is 0.296 e. The molecule has 24 heavy (non-hydrogen) atoms. The molecule has 7 nitrogen and oxygen atoms in total. The highest BCUT2D eigenvalue weighted by Gasteiger charge is 2.17. The van der Waals surface area contributed by atoms with Crippen molar-refractivity contribution >= 4 is 28.9 Å². The number of anilines is 1. The Morgan fingerprint density at radius 2 is 1.96 bits per heavy atom. The lowest BCUT2D eigenvalue weighted by atomic mass is 10.2. The fourth-order valence-electron chi connectivity index (χ4n) is 1.94. The monoisotopic (exact) mass is 350 g/mol. The molecule has 0 aliphatic heterocycles. The molecule has 0 saturated heterocycles. The summed E-state index contributed by atoms with van der Waals surface area (Å²) in [5, 5.41) is 14.1. The van der Waals surface area contributed by atoms with Gasteiger partial charge in [0.2, 0.25) is 0 Å². The van der Waals surface area contributed by atoms with E-state index >= 15 is 0 Å². The molecule has 0 unspecified atom stereocenters. The van der Waals surface area contributed by atoms with Crippen LogP contribution in [0.4, 0.5) is 11.4 Å². The van der Waals surface area contributed by atoms with Crippen molar-refractivity contribution in [3.63, 3.8) is 0 Å². The molecule has 2 rings (SSSR count). The standard InChI is InChI=1S/C16H15ClN2O5/c1-10-7-12(3-5-13(10)17)24-9-16(20)18-14-6-4-11(23-2)8-15(14)19(21)22/h3-8H,9H2,1-2H3,(H,18,20). The Labute approximate surface area is 143 Å². The molecule has 1 N–H and O–H groups in total. The van der Waals surface area contributed by atoms with Gasteiger partial charge in [-0.3, -0.25) is 14.9 Å². The quantitative estimate of drug-likeness (QED) is 0.635. The molecule has 0 saturated carbocycles. The molecule has 2 aromatic carbocycles. The minimum absolute atomic E-state index is 0.0710. The summed E-state index contributed by atoms with van der Waals surface area (Å²) in [6.07, 6.45) is 0. The maximum Gasteiger partial charge on any atom is 0.296 e. The molecule has 126 valence electrons. The van der Waals surface area contributed by atoms with Gasteiger partial charge in [-0.25, -0.2) is 0 Å². The van der Waals surface area contributed by atoms with Crippen molar-refractivity contribution in [2.75, 3.05) is 19.0 Å². The number of carbonyl (C=O) groups is 1. The average Bonchev–Trinajstić information content (AvgIpc) is 2.56. The van der Waals surface area contributed by atoms with E-state index in [0.717, 1.165) is 5.56 Å². The molecule has 1 amide bonds. The highest BCUT2D eigenvalue weighted by atomic mass is 35.5. The minimum atomic E-state index is -0.596. The Balaban J connectivity index is 2.04. The van der Waals surface area contributed by atoms with Crippen molar-refractivity contribution < 1.29 is 19.2 Å². The first-order valence-corrected chi connectivity index (χ1v) is 7.29. The second-order valence-corrected chi connectivity index (χ2v) is 5.30. The Morgan fingerprint density at radius 1 is 1.25 bits per heavy atom. The largest absolute Gasteiger partial charge is 0.496 e. The number of rotatable bonds is 6. The molecule has 0 fully saturated rings. The van der Waals surface area contributed by atoms with Crippen LogP contribution in [0.3, 0.4) is 0 Å². The number of nitrogens with zero attached hydrogens (tertiary/aromatic N) is 1. The van der Waals surface area contributed by atoms with E-state index in [0.29, 0.717) is 16.5 Å². The highest BCUT2D eigenvalue weighted by molar-refractivity contribution is 6.31. The zero-order valence-corrected chi connectivity index (χ0v) is 13.8. The lowest BCUT2D eigenvalue weighted by Crippen LogP contribution is -2.20. The maximum absolute atomic E-state index is 12.0. The van der Waals surface area contributed by atoms with E-state index < -0.39 is 10.8 Å². The predicted molar refractivity (Wildman–Crippen MR) is 90.0 cm³/mol. The maximum atomic E-state index is 12.0. The van der Waals surface area contributed by atoms with Crippen LogP contribution in [0.1, 0.15) is 5.56 Å². The summed E-state index contributed by atoms with van der Waals surface area (Å²) in [6, 6.07) is 9.16. The van der Waals surface area contributed by atoms with Gasteiger partial charge < -0.3 is 14.8 Å². The summed E-state index contributed by atoms with van der Waals surface area (Å²) >= 11 is 5.91. The second-order valence-electron chi connectivity index (χ2n) is 4.89. The first-order chi connectivity index (χ1) is 11.4. The van der Waals surface area contributed by atoms with Gasteiger partial charge in [0.1, 0.15) is 17.2 Å². The van der Waals surface area contributed by atoms with Crippen LogP contribution >= 0.6 is 11.6 Å². The van der Waals surface area contributed by atoms with Crippen molar-refractivity contribution in [3.05, 3.63) is 57.1 Å². The molecule has 0 heterocycles. The van der Waals surface area contributed by atoms with Gasteiger partial charge in [-0.2, -0.15) is 0 Å². The van der Waals surface area contributed by atoms with Gasteiger partial charge in [0.15, 0.2) is 6.61 Å². The number of nitrogens with one attached hydrogen (secondary N) is 1. The Bertz CT molecular complexity index is 779. The number of methoxy groups -OCH3 is 1. The predicted octanol–water partition coefficient (Wildman–Crippen LogP) is 3.58. The molecule has 0 aliphatic carbocycles. The lowest BCUT2D eigenvalue weighted by molar-refractivity contribution is -0.384. The highest BCUT2D eigenvalue weighted by Crippen LogP contribution is 2.29. The molecule has 2 aromatic rings. The van der Waals surface area contributed by atoms with Gasteiger partial charge in [0.05, 0.1) is 18.1 Å². The number of hydrogen-bond acceptors (Lipinski definition) is 5. The number of amides is 1. The van der Waals surface area contributed by atoms with Crippen molar-refractivity contribution in [2.45, 2.75) is 6.92 Å². The summed E-state index contributed by atoms with van der Waals surface area (Å²) in [4.78, 5) is 22.4. The van der Waals surface area contributed by atoms with Crippen LogP contribution in [0.25, 0.3) is 0 Å². The van der Waals surface area contributed by atoms with E-state index in [1.807, 2.05) is 6.92 Å². The van der Waals surface area contributed by atoms with Gasteiger partial charge in [0, 0.05) is 5.02 Å². The van der Waals surface area contributed by atoms with Gasteiger partial charge in [-0.05, 0) is 42.8 Å². The number of nitro groups is 1. The SMILES string of the molecule is COc1ccc(NC(=O)COc2ccc(Cl)c(C)c2)c([N+](=O)[O-])c1. The lowest BCUT2D eigenvalue weighted by Gasteiger charge is -2.09. The molecular formula is C16H15ClN2O5. The molecule has 0 atom stereocenters. The van der Waals surface area contributed by atoms with Crippen LogP contribution < -0.4 is 14.8 Å². The minimum Gasteiger partial charge on any atom is -0.496 e. The van der Waals surface area contributed by atoms with Crippen LogP contribution in [0.15, 0.2) is 36.4 Å². The van der Waals surface area contributed by atoms with Gasteiger partial charge in [0.25, 0.3) is 11.6 Å². The summed E-state index contributed by atoms with van der Waals surface area (Å²) < 4.78 is 10.3. The Hall–Kier alpha value is -2.80. The summed E-state index contributed by atoms with van der Waals surface area (Å²) in [5.41, 5.74) is 0.632. The van der Waals surface area contributed by atoms with Crippen molar-refractivity contribution in [1.82, 2.24) is 0 Å². The fraction of sp³-hybridized carbons (Fsp3) is 0.188. The van der Waals surface area contributed by atoms with E-state index in [4.69, 9.17) is 21.1 Å². The van der Waals surface area contributed by atoms with Crippen LogP contribution in [0.5, 0.6) is 11.5 Å². The van der Waals surface area contributed by atoms with Gasteiger partial charge in [-0.1, -0.05) is 11.6 Å². The molecule has 0 radical (unpaired) electrons. The van der Waals surface area contributed by atoms with E-state index in [2.05, 4.69) is 5.32 Å². The third kappa shape index (κ3) is 4.36. The summed E-state index contributed by atoms with van der Waals surface area (Å²) in [6.45, 7) is 1.53. The van der Waals surface area contributed by atoms with E-state index in [-0.39, 0.29) is 18.0 Å². The van der Waals surface area contributed by atoms with E-state index in [1.165, 1.54) is 25.3 Å². The average molecular weight is 351 g/mol. The van der Waals surface area contributed by atoms with Crippen molar-refractivity contribution in [1.29, 1.82) is 0 Å². The van der Waals surface area contributed by atoms with E-state index in [9.17, 15) is 14.9 Å². The molecule has 0 aromatic heterocycles. The Morgan fingerprint density at radius 3 is 2.58 bits per heavy atom. The van der Waals surface area contributed by atoms with Crippen molar-refractivity contribution in [3.8, 4) is 11.5 Å². The van der Waals surface area contributed by atoms with Crippen LogP contribution in [-0.4, -0.2) is 24.5 Å². The number of carbonyl (C=O) groups excluding carboxylic acids is 1. The molecule has 0 spiro atoms. The Kier molecular flexibility index (Phi) is 5.59. The number of benzene rings is 2. The number of hydrogen-bond donors (Lipinski definition) is 1. The molecule has 8 heteroatoms. The second kappa shape index (κ2) is 7.65. The van der Waals surface area contributed by atoms with Crippen molar-refractivity contribution in [2.24, 2.45) is 0 Å². The first kappa shape index (κ1) is 17.6. The van der Waals surface area contributed by atoms with Crippen LogP contribution in [0, 0.1) is 17.0 Å². The van der Waals surface area contributed by atoms with Crippen LogP contribution in [0.2, 0.25) is 5.02 Å². The number of aryl methyl sites for hydroxylation is 1. The zero-order valence-electron chi connectivity index (χ0n) is 13.0. The van der Waals surface area contributed by atoms with Crippen LogP contribution in [-0.2, 0) is 4.79 Å². The third-order valence-electron chi connectivity index (χ3n) is 3.18. The topological polar surface area (TPSA) is 90.7 Å². The normalized spacial score (nSPS) is 10.1. The summed E-state index contributed by atoms with van der Waals surface area (Å²) in [5.74, 6) is 0.291. The number of nitro benzene ring substituents is 1. The fourth-order valence-corrected chi connectivity index (χ4v) is 2.05. The van der Waals surface area contributed by atoms with E-state index in [1.54, 1.807) is 18.2 Å². The molecule has 0 aliphatic rings. The third-order valence-corrected chi connectivity index (χ3v) is 3.60. The zero-order chi connectivity index (χ0) is 17.7. The van der Waals surface area contributed by atoms with Gasteiger partial charge >= 0.3 is 0 Å². The number of halogens is 1. The summed E-state index contributed by atoms with van der Waals surface area (Å²) in [7, 11) is 1.40. The first-order valence-electron chi connectivity index (χ1n) is 6.92. The molecular weight excluding hydrogens is 336 g/mol. The number of ether oxygens (including phenoxy) is 2. The van der Waals surface area contributed by atoms with Gasteiger partial charge in [-0.15, -0.1) is 0 Å².